The van der Waals surface area contributed by atoms with Gasteiger partial charge in [0.15, 0.2) is 0 Å². The molecule has 0 bridgehead atoms. The van der Waals surface area contributed by atoms with E-state index in [9.17, 15) is 0 Å². The minimum Gasteiger partial charge on any atom is -0.0616 e. The Morgan fingerprint density at radius 3 is 1.30 bits per heavy atom. The summed E-state index contributed by atoms with van der Waals surface area (Å²) in [5, 5.41) is 7.79. The molecule has 96 valence electrons. The summed E-state index contributed by atoms with van der Waals surface area (Å²) in [6, 6.07) is 21.6. The first kappa shape index (κ1) is 12.4. The van der Waals surface area contributed by atoms with Crippen LogP contribution in [0.2, 0.25) is 0 Å². The summed E-state index contributed by atoms with van der Waals surface area (Å²) < 4.78 is 2.23. The summed E-state index contributed by atoms with van der Waals surface area (Å²) in [7, 11) is 0. The third-order valence-electron chi connectivity index (χ3n) is 3.76. The van der Waals surface area contributed by atoms with Crippen LogP contribution in [0.25, 0.3) is 32.3 Å². The lowest BCUT2D eigenvalue weighted by Crippen LogP contribution is -1.83. The van der Waals surface area contributed by atoms with Crippen molar-refractivity contribution in [2.75, 3.05) is 0 Å². The molecule has 0 aliphatic rings. The summed E-state index contributed by atoms with van der Waals surface area (Å²) in [6.07, 6.45) is 0. The van der Waals surface area contributed by atoms with E-state index < -0.39 is 0 Å². The third kappa shape index (κ3) is 1.79. The number of benzene rings is 4. The molecule has 4 rings (SSSR count). The molecule has 0 aliphatic heterocycles. The second kappa shape index (κ2) is 4.57. The van der Waals surface area contributed by atoms with E-state index in [2.05, 4.69) is 92.5 Å². The SMILES string of the molecule is Brc1ccc2c3ccc(Br)cc3c3ccccc3c2c1. The van der Waals surface area contributed by atoms with Crippen molar-refractivity contribution in [3.05, 3.63) is 69.6 Å². The van der Waals surface area contributed by atoms with Crippen LogP contribution in [-0.4, -0.2) is 0 Å². The van der Waals surface area contributed by atoms with Crippen LogP contribution in [0.1, 0.15) is 0 Å². The number of fused-ring (bicyclic) bond motifs is 6. The van der Waals surface area contributed by atoms with Crippen molar-refractivity contribution < 1.29 is 0 Å². The Hall–Kier alpha value is -1.38. The van der Waals surface area contributed by atoms with E-state index in [4.69, 9.17) is 0 Å². The van der Waals surface area contributed by atoms with Gasteiger partial charge in [-0.05, 0) is 56.6 Å². The van der Waals surface area contributed by atoms with E-state index in [1.165, 1.54) is 32.3 Å². The summed E-state index contributed by atoms with van der Waals surface area (Å²) in [4.78, 5) is 0. The molecule has 0 fully saturated rings. The topological polar surface area (TPSA) is 0 Å². The first-order valence-corrected chi connectivity index (χ1v) is 8.02. The lowest BCUT2D eigenvalue weighted by Gasteiger charge is -2.11. The smallest absolute Gasteiger partial charge is 0.0181 e. The maximum Gasteiger partial charge on any atom is 0.0181 e. The van der Waals surface area contributed by atoms with Crippen molar-refractivity contribution in [1.29, 1.82) is 0 Å². The molecule has 0 aromatic heterocycles. The average molecular weight is 386 g/mol. The minimum atomic E-state index is 1.12. The van der Waals surface area contributed by atoms with Crippen LogP contribution in [0.4, 0.5) is 0 Å². The zero-order valence-electron chi connectivity index (χ0n) is 10.5. The van der Waals surface area contributed by atoms with E-state index >= 15 is 0 Å². The molecule has 0 unspecified atom stereocenters. The average Bonchev–Trinajstić information content (AvgIpc) is 2.47. The van der Waals surface area contributed by atoms with Crippen molar-refractivity contribution in [3.8, 4) is 0 Å². The zero-order valence-corrected chi connectivity index (χ0v) is 13.7. The molecule has 0 radical (unpaired) electrons. The van der Waals surface area contributed by atoms with Gasteiger partial charge in [-0.3, -0.25) is 0 Å². The largest absolute Gasteiger partial charge is 0.0616 e. The molecule has 0 saturated carbocycles. The Bertz CT molecular complexity index is 870. The third-order valence-corrected chi connectivity index (χ3v) is 4.75. The highest BCUT2D eigenvalue weighted by atomic mass is 79.9. The monoisotopic (exact) mass is 384 g/mol. The van der Waals surface area contributed by atoms with E-state index in [1.807, 2.05) is 0 Å². The predicted octanol–water partition coefficient (Wildman–Crippen LogP) is 6.67. The minimum absolute atomic E-state index is 1.12. The predicted molar refractivity (Wildman–Crippen MR) is 94.4 cm³/mol. The van der Waals surface area contributed by atoms with Crippen LogP contribution in [0.5, 0.6) is 0 Å². The van der Waals surface area contributed by atoms with Gasteiger partial charge in [0, 0.05) is 8.95 Å². The number of hydrogen-bond donors (Lipinski definition) is 0. The lowest BCUT2D eigenvalue weighted by molar-refractivity contribution is 1.71. The van der Waals surface area contributed by atoms with E-state index in [-0.39, 0.29) is 0 Å². The van der Waals surface area contributed by atoms with Gasteiger partial charge in [0.05, 0.1) is 0 Å². The Kier molecular flexibility index (Phi) is 2.83. The van der Waals surface area contributed by atoms with Crippen molar-refractivity contribution in [3.63, 3.8) is 0 Å². The molecule has 0 saturated heterocycles. The van der Waals surface area contributed by atoms with Crippen molar-refractivity contribution in [1.82, 2.24) is 0 Å². The van der Waals surface area contributed by atoms with Gasteiger partial charge >= 0.3 is 0 Å². The Morgan fingerprint density at radius 2 is 0.850 bits per heavy atom. The van der Waals surface area contributed by atoms with Gasteiger partial charge in [0.25, 0.3) is 0 Å². The van der Waals surface area contributed by atoms with Crippen LogP contribution >= 0.6 is 31.9 Å². The highest BCUT2D eigenvalue weighted by molar-refractivity contribution is 9.10. The van der Waals surface area contributed by atoms with Crippen molar-refractivity contribution >= 4 is 64.2 Å². The van der Waals surface area contributed by atoms with Crippen LogP contribution < -0.4 is 0 Å². The normalized spacial score (nSPS) is 11.5. The Labute approximate surface area is 133 Å². The van der Waals surface area contributed by atoms with E-state index in [0.29, 0.717) is 0 Å². The molecule has 0 nitrogen and oxygen atoms in total. The van der Waals surface area contributed by atoms with Crippen LogP contribution in [-0.2, 0) is 0 Å². The van der Waals surface area contributed by atoms with Gasteiger partial charge < -0.3 is 0 Å². The van der Waals surface area contributed by atoms with Crippen LogP contribution in [0, 0.1) is 0 Å². The van der Waals surface area contributed by atoms with Gasteiger partial charge in [-0.2, -0.15) is 0 Å². The molecule has 0 heterocycles. The maximum absolute atomic E-state index is 3.59. The number of hydrogen-bond acceptors (Lipinski definition) is 0. The molecule has 0 spiro atoms. The Balaban J connectivity index is 2.40. The highest BCUT2D eigenvalue weighted by Crippen LogP contribution is 2.37. The van der Waals surface area contributed by atoms with Gasteiger partial charge in [0.1, 0.15) is 0 Å². The fraction of sp³-hybridized carbons (Fsp3) is 0. The van der Waals surface area contributed by atoms with E-state index in [0.717, 1.165) is 8.95 Å². The molecular weight excluding hydrogens is 376 g/mol. The highest BCUT2D eigenvalue weighted by Gasteiger charge is 2.08. The van der Waals surface area contributed by atoms with Crippen molar-refractivity contribution in [2.45, 2.75) is 0 Å². The lowest BCUT2D eigenvalue weighted by atomic mass is 9.94. The summed E-state index contributed by atoms with van der Waals surface area (Å²) in [5.74, 6) is 0. The molecule has 0 aliphatic carbocycles. The van der Waals surface area contributed by atoms with Gasteiger partial charge in [-0.1, -0.05) is 68.3 Å². The summed E-state index contributed by atoms with van der Waals surface area (Å²) >= 11 is 7.17. The summed E-state index contributed by atoms with van der Waals surface area (Å²) in [6.45, 7) is 0. The molecule has 20 heavy (non-hydrogen) atoms. The second-order valence-electron chi connectivity index (χ2n) is 4.93. The quantitative estimate of drug-likeness (QED) is 0.296. The molecule has 0 atom stereocenters. The fourth-order valence-corrected chi connectivity index (χ4v) is 3.62. The van der Waals surface area contributed by atoms with Gasteiger partial charge in [-0.25, -0.2) is 0 Å². The maximum atomic E-state index is 3.59. The molecule has 0 amide bonds. The van der Waals surface area contributed by atoms with Gasteiger partial charge in [-0.15, -0.1) is 0 Å². The second-order valence-corrected chi connectivity index (χ2v) is 6.76. The van der Waals surface area contributed by atoms with Gasteiger partial charge in [0.2, 0.25) is 0 Å². The van der Waals surface area contributed by atoms with Crippen LogP contribution in [0.3, 0.4) is 0 Å². The molecule has 4 aromatic carbocycles. The standard InChI is InChI=1S/C18H10Br2/c19-11-5-7-15-16-8-6-12(20)10-18(16)14-4-2-1-3-13(14)17(15)9-11/h1-10H. The first-order chi connectivity index (χ1) is 9.74. The first-order valence-electron chi connectivity index (χ1n) is 6.43. The number of halogens is 2. The summed E-state index contributed by atoms with van der Waals surface area (Å²) in [5.41, 5.74) is 0. The van der Waals surface area contributed by atoms with E-state index in [1.54, 1.807) is 0 Å². The van der Waals surface area contributed by atoms with Crippen molar-refractivity contribution in [2.24, 2.45) is 0 Å². The fourth-order valence-electron chi connectivity index (χ4n) is 2.90. The molecule has 2 heteroatoms. The zero-order chi connectivity index (χ0) is 13.7. The Morgan fingerprint density at radius 1 is 0.450 bits per heavy atom. The molecule has 0 N–H and O–H groups in total. The van der Waals surface area contributed by atoms with Crippen LogP contribution in [0.15, 0.2) is 69.6 Å². The molecular formula is C18H10Br2. The molecule has 4 aromatic rings. The number of rotatable bonds is 0.